The first kappa shape index (κ1) is 11.7. The zero-order valence-corrected chi connectivity index (χ0v) is 10.5. The fraction of sp³-hybridized carbons (Fsp3) is 0.667. The van der Waals surface area contributed by atoms with Gasteiger partial charge in [-0.1, -0.05) is 6.42 Å². The summed E-state index contributed by atoms with van der Waals surface area (Å²) in [5, 5.41) is 4.37. The number of aromatic nitrogens is 2. The molecule has 0 radical (unpaired) electrons. The fourth-order valence-corrected chi connectivity index (χ4v) is 3.35. The van der Waals surface area contributed by atoms with Crippen LogP contribution in [0.5, 0.6) is 0 Å². The van der Waals surface area contributed by atoms with Crippen LogP contribution in [0.1, 0.15) is 31.4 Å². The van der Waals surface area contributed by atoms with Crippen molar-refractivity contribution in [1.29, 1.82) is 0 Å². The zero-order valence-electron chi connectivity index (χ0n) is 9.69. The average Bonchev–Trinajstić information content (AvgIpc) is 2.73. The second kappa shape index (κ2) is 5.53. The Morgan fingerprint density at radius 2 is 2.50 bits per heavy atom. The lowest BCUT2D eigenvalue weighted by Crippen LogP contribution is -2.21. The van der Waals surface area contributed by atoms with E-state index in [9.17, 15) is 4.79 Å². The first-order chi connectivity index (χ1) is 7.77. The van der Waals surface area contributed by atoms with Gasteiger partial charge in [-0.15, -0.1) is 0 Å². The van der Waals surface area contributed by atoms with Crippen molar-refractivity contribution in [1.82, 2.24) is 9.78 Å². The summed E-state index contributed by atoms with van der Waals surface area (Å²) in [6, 6.07) is 1.99. The molecule has 1 aliphatic heterocycles. The van der Waals surface area contributed by atoms with Gasteiger partial charge in [0, 0.05) is 25.4 Å². The highest BCUT2D eigenvalue weighted by atomic mass is 32.2. The summed E-state index contributed by atoms with van der Waals surface area (Å²) in [4.78, 5) is 12.0. The molecule has 2 rings (SSSR count). The van der Waals surface area contributed by atoms with Crippen molar-refractivity contribution >= 4 is 17.5 Å². The van der Waals surface area contributed by atoms with Crippen LogP contribution in [0.4, 0.5) is 0 Å². The molecule has 1 atom stereocenters. The summed E-state index contributed by atoms with van der Waals surface area (Å²) in [6.07, 6.45) is 6.85. The van der Waals surface area contributed by atoms with E-state index in [1.54, 1.807) is 6.20 Å². The number of nitrogens with zero attached hydrogens (tertiary/aromatic N) is 2. The van der Waals surface area contributed by atoms with Crippen molar-refractivity contribution in [3.8, 4) is 0 Å². The first-order valence-corrected chi connectivity index (χ1v) is 6.93. The molecule has 2 heterocycles. The third-order valence-corrected chi connectivity index (χ3v) is 4.51. The van der Waals surface area contributed by atoms with Gasteiger partial charge in [0.1, 0.15) is 5.78 Å². The van der Waals surface area contributed by atoms with Crippen molar-refractivity contribution in [2.24, 2.45) is 7.05 Å². The predicted molar refractivity (Wildman–Crippen MR) is 66.6 cm³/mol. The van der Waals surface area contributed by atoms with Crippen LogP contribution in [0.15, 0.2) is 12.3 Å². The Kier molecular flexibility index (Phi) is 4.04. The minimum absolute atomic E-state index is 0.266. The maximum Gasteiger partial charge on any atom is 0.146 e. The summed E-state index contributed by atoms with van der Waals surface area (Å²) in [7, 11) is 1.93. The van der Waals surface area contributed by atoms with Crippen LogP contribution in [0.3, 0.4) is 0 Å². The molecule has 4 heteroatoms. The largest absolute Gasteiger partial charge is 0.298 e. The minimum atomic E-state index is 0.266. The Hall–Kier alpha value is -0.770. The number of carbonyl (C=O) groups is 1. The van der Waals surface area contributed by atoms with E-state index in [4.69, 9.17) is 0 Å². The van der Waals surface area contributed by atoms with Crippen LogP contribution >= 0.6 is 11.8 Å². The SMILES string of the molecule is Cn1nccc1CCC(=O)C1CCCCS1. The summed E-state index contributed by atoms with van der Waals surface area (Å²) in [5.74, 6) is 1.58. The Bertz CT molecular complexity index is 356. The van der Waals surface area contributed by atoms with E-state index >= 15 is 0 Å². The van der Waals surface area contributed by atoms with E-state index in [1.165, 1.54) is 12.8 Å². The van der Waals surface area contributed by atoms with Crippen LogP contribution in [0.2, 0.25) is 0 Å². The monoisotopic (exact) mass is 238 g/mol. The van der Waals surface area contributed by atoms with Crippen LogP contribution < -0.4 is 0 Å². The van der Waals surface area contributed by atoms with Crippen molar-refractivity contribution < 1.29 is 4.79 Å². The van der Waals surface area contributed by atoms with E-state index in [0.29, 0.717) is 12.2 Å². The number of thioether (sulfide) groups is 1. The molecule has 1 aliphatic rings. The summed E-state index contributed by atoms with van der Waals surface area (Å²) in [5.41, 5.74) is 1.15. The molecule has 1 unspecified atom stereocenters. The van der Waals surface area contributed by atoms with Crippen molar-refractivity contribution in [2.75, 3.05) is 5.75 Å². The molecular weight excluding hydrogens is 220 g/mol. The maximum absolute atomic E-state index is 12.0. The molecule has 0 saturated carbocycles. The van der Waals surface area contributed by atoms with E-state index < -0.39 is 0 Å². The molecule has 3 nitrogen and oxygen atoms in total. The quantitative estimate of drug-likeness (QED) is 0.806. The summed E-state index contributed by atoms with van der Waals surface area (Å²) < 4.78 is 1.85. The third kappa shape index (κ3) is 2.88. The van der Waals surface area contributed by atoms with Crippen LogP contribution in [0.25, 0.3) is 0 Å². The number of carbonyl (C=O) groups excluding carboxylic acids is 1. The molecule has 88 valence electrons. The number of rotatable bonds is 4. The molecule has 0 N–H and O–H groups in total. The van der Waals surface area contributed by atoms with Crippen molar-refractivity contribution in [3.63, 3.8) is 0 Å². The van der Waals surface area contributed by atoms with Gasteiger partial charge in [-0.2, -0.15) is 16.9 Å². The van der Waals surface area contributed by atoms with Gasteiger partial charge in [0.05, 0.1) is 5.25 Å². The summed E-state index contributed by atoms with van der Waals surface area (Å²) >= 11 is 1.84. The number of aryl methyl sites for hydroxylation is 2. The zero-order chi connectivity index (χ0) is 11.4. The Morgan fingerprint density at radius 1 is 1.62 bits per heavy atom. The van der Waals surface area contributed by atoms with Crippen molar-refractivity contribution in [3.05, 3.63) is 18.0 Å². The lowest BCUT2D eigenvalue weighted by atomic mass is 10.1. The second-order valence-corrected chi connectivity index (χ2v) is 5.58. The molecule has 0 aromatic carbocycles. The van der Waals surface area contributed by atoms with Gasteiger partial charge >= 0.3 is 0 Å². The maximum atomic E-state index is 12.0. The van der Waals surface area contributed by atoms with Gasteiger partial charge in [0.2, 0.25) is 0 Å². The summed E-state index contributed by atoms with van der Waals surface area (Å²) in [6.45, 7) is 0. The molecule has 1 fully saturated rings. The van der Waals surface area contributed by atoms with Gasteiger partial charge in [0.25, 0.3) is 0 Å². The molecular formula is C12H18N2OS. The molecule has 0 bridgehead atoms. The standard InChI is InChI=1S/C12H18N2OS/c1-14-10(7-8-13-14)5-6-11(15)12-4-2-3-9-16-12/h7-8,12H,2-6,9H2,1H3. The Labute approximate surface area is 101 Å². The first-order valence-electron chi connectivity index (χ1n) is 5.88. The molecule has 1 aromatic rings. The number of Topliss-reactive ketones (excluding diaryl/α,β-unsaturated/α-hetero) is 1. The van der Waals surface area contributed by atoms with E-state index in [2.05, 4.69) is 5.10 Å². The highest BCUT2D eigenvalue weighted by molar-refractivity contribution is 8.00. The molecule has 0 aliphatic carbocycles. The number of hydrogen-bond acceptors (Lipinski definition) is 3. The van der Waals surface area contributed by atoms with E-state index in [1.807, 2.05) is 29.6 Å². The highest BCUT2D eigenvalue weighted by Crippen LogP contribution is 2.26. The molecule has 1 saturated heterocycles. The highest BCUT2D eigenvalue weighted by Gasteiger charge is 2.21. The topological polar surface area (TPSA) is 34.9 Å². The van der Waals surface area contributed by atoms with Gasteiger partial charge in [0.15, 0.2) is 0 Å². The van der Waals surface area contributed by atoms with Gasteiger partial charge < -0.3 is 0 Å². The lowest BCUT2D eigenvalue weighted by Gasteiger charge is -2.19. The van der Waals surface area contributed by atoms with E-state index in [-0.39, 0.29) is 5.25 Å². The van der Waals surface area contributed by atoms with Gasteiger partial charge in [-0.25, -0.2) is 0 Å². The molecule has 0 spiro atoms. The molecule has 0 amide bonds. The molecule has 1 aromatic heterocycles. The fourth-order valence-electron chi connectivity index (χ4n) is 2.05. The minimum Gasteiger partial charge on any atom is -0.298 e. The Morgan fingerprint density at radius 3 is 3.12 bits per heavy atom. The van der Waals surface area contributed by atoms with Crippen molar-refractivity contribution in [2.45, 2.75) is 37.4 Å². The normalized spacial score (nSPS) is 20.9. The number of ketones is 1. The van der Waals surface area contributed by atoms with E-state index in [0.717, 1.165) is 24.3 Å². The Balaban J connectivity index is 1.81. The lowest BCUT2D eigenvalue weighted by molar-refractivity contribution is -0.118. The van der Waals surface area contributed by atoms with Crippen LogP contribution in [-0.4, -0.2) is 26.6 Å². The third-order valence-electron chi connectivity index (χ3n) is 3.09. The predicted octanol–water partition coefficient (Wildman–Crippen LogP) is 2.21. The smallest absolute Gasteiger partial charge is 0.146 e. The van der Waals surface area contributed by atoms with Crippen LogP contribution in [0, 0.1) is 0 Å². The average molecular weight is 238 g/mol. The van der Waals surface area contributed by atoms with Gasteiger partial charge in [-0.05, 0) is 31.1 Å². The van der Waals surface area contributed by atoms with Gasteiger partial charge in [-0.3, -0.25) is 9.48 Å². The van der Waals surface area contributed by atoms with Crippen LogP contribution in [-0.2, 0) is 18.3 Å². The number of hydrogen-bond donors (Lipinski definition) is 0. The molecule has 16 heavy (non-hydrogen) atoms. The second-order valence-electron chi connectivity index (χ2n) is 4.27.